The summed E-state index contributed by atoms with van der Waals surface area (Å²) in [5.41, 5.74) is 3.17. The van der Waals surface area contributed by atoms with E-state index in [0.717, 1.165) is 16.7 Å². The maximum atomic E-state index is 11.7. The summed E-state index contributed by atoms with van der Waals surface area (Å²) in [6.45, 7) is 7.85. The fourth-order valence-electron chi connectivity index (χ4n) is 2.55. The lowest BCUT2D eigenvalue weighted by atomic mass is 10.1. The number of hydrogen-bond donors (Lipinski definition) is 0. The van der Waals surface area contributed by atoms with Crippen molar-refractivity contribution < 1.29 is 23.8 Å². The molecule has 29 heavy (non-hydrogen) atoms. The first-order valence-corrected chi connectivity index (χ1v) is 9.51. The summed E-state index contributed by atoms with van der Waals surface area (Å²) in [6.07, 6.45) is 3.25. The summed E-state index contributed by atoms with van der Waals surface area (Å²) in [4.78, 5) is 23.2. The predicted molar refractivity (Wildman–Crippen MR) is 114 cm³/mol. The number of rotatable bonds is 8. The minimum Gasteiger partial charge on any atom is -0.463 e. The number of benzene rings is 2. The van der Waals surface area contributed by atoms with Gasteiger partial charge in [-0.25, -0.2) is 9.59 Å². The Labute approximate surface area is 171 Å². The van der Waals surface area contributed by atoms with Gasteiger partial charge in [-0.3, -0.25) is 0 Å². The summed E-state index contributed by atoms with van der Waals surface area (Å²) in [5.74, 6) is 0.698. The van der Waals surface area contributed by atoms with E-state index in [4.69, 9.17) is 14.2 Å². The maximum absolute atomic E-state index is 11.7. The van der Waals surface area contributed by atoms with Gasteiger partial charge < -0.3 is 14.2 Å². The Balaban J connectivity index is 2.02. The second-order valence-electron chi connectivity index (χ2n) is 6.32. The molecule has 0 saturated heterocycles. The van der Waals surface area contributed by atoms with Crippen molar-refractivity contribution in [2.45, 2.75) is 27.7 Å². The van der Waals surface area contributed by atoms with Gasteiger partial charge in [-0.2, -0.15) is 0 Å². The van der Waals surface area contributed by atoms with Gasteiger partial charge >= 0.3 is 11.9 Å². The molecule has 5 nitrogen and oxygen atoms in total. The number of allylic oxidation sites excluding steroid dienone is 1. The Morgan fingerprint density at radius 2 is 1.38 bits per heavy atom. The fourth-order valence-corrected chi connectivity index (χ4v) is 2.55. The van der Waals surface area contributed by atoms with Crippen molar-refractivity contribution in [2.24, 2.45) is 0 Å². The first-order chi connectivity index (χ1) is 13.9. The Bertz CT molecular complexity index is 890. The van der Waals surface area contributed by atoms with E-state index in [9.17, 15) is 9.59 Å². The highest BCUT2D eigenvalue weighted by molar-refractivity contribution is 5.93. The zero-order valence-electron chi connectivity index (χ0n) is 17.2. The van der Waals surface area contributed by atoms with Crippen LogP contribution >= 0.6 is 0 Å². The molecular formula is C24H26O5. The predicted octanol–water partition coefficient (Wildman–Crippen LogP) is 5.41. The summed E-state index contributed by atoms with van der Waals surface area (Å²) < 4.78 is 15.8. The van der Waals surface area contributed by atoms with Crippen LogP contribution in [0.4, 0.5) is 0 Å². The minimum atomic E-state index is -0.349. The second-order valence-corrected chi connectivity index (χ2v) is 6.32. The van der Waals surface area contributed by atoms with Crippen molar-refractivity contribution in [1.29, 1.82) is 0 Å². The van der Waals surface area contributed by atoms with Crippen LogP contribution in [-0.2, 0) is 19.1 Å². The molecule has 0 aliphatic carbocycles. The molecule has 0 spiro atoms. The Hall–Kier alpha value is -3.34. The molecule has 2 aromatic rings. The smallest absolute Gasteiger partial charge is 0.333 e. The lowest BCUT2D eigenvalue weighted by Gasteiger charge is -2.08. The highest BCUT2D eigenvalue weighted by atomic mass is 16.5. The molecule has 0 aromatic heterocycles. The normalized spacial score (nSPS) is 11.7. The Kier molecular flexibility index (Phi) is 8.22. The monoisotopic (exact) mass is 394 g/mol. The average molecular weight is 394 g/mol. The standard InChI is InChI=1S/C24H26O5/c1-5-27-23(25)16-17(3)20-9-13-22(14-10-20)29-21-11-7-19(8-12-21)15-18(4)24(26)28-6-2/h7-16H,5-6H2,1-4H3. The molecule has 0 saturated carbocycles. The second kappa shape index (κ2) is 10.9. The zero-order chi connectivity index (χ0) is 21.2. The summed E-state index contributed by atoms with van der Waals surface area (Å²) in [7, 11) is 0. The molecular weight excluding hydrogens is 368 g/mol. The minimum absolute atomic E-state index is 0.319. The van der Waals surface area contributed by atoms with Gasteiger partial charge in [-0.05, 0) is 74.7 Å². The fraction of sp³-hybridized carbons (Fsp3) is 0.250. The molecule has 0 fully saturated rings. The highest BCUT2D eigenvalue weighted by Gasteiger charge is 2.05. The molecule has 0 bridgehead atoms. The van der Waals surface area contributed by atoms with Crippen LogP contribution in [-0.4, -0.2) is 25.2 Å². The van der Waals surface area contributed by atoms with E-state index >= 15 is 0 Å². The van der Waals surface area contributed by atoms with Crippen LogP contribution in [0.2, 0.25) is 0 Å². The van der Waals surface area contributed by atoms with E-state index in [-0.39, 0.29) is 11.9 Å². The van der Waals surface area contributed by atoms with Crippen molar-refractivity contribution in [3.8, 4) is 11.5 Å². The van der Waals surface area contributed by atoms with Crippen LogP contribution < -0.4 is 4.74 Å². The lowest BCUT2D eigenvalue weighted by molar-refractivity contribution is -0.138. The number of esters is 2. The number of ether oxygens (including phenoxy) is 3. The molecule has 0 radical (unpaired) electrons. The van der Waals surface area contributed by atoms with E-state index in [0.29, 0.717) is 30.3 Å². The van der Waals surface area contributed by atoms with Crippen molar-refractivity contribution in [3.05, 3.63) is 71.3 Å². The molecule has 0 N–H and O–H groups in total. The van der Waals surface area contributed by atoms with Crippen LogP contribution in [0.15, 0.2) is 60.2 Å². The highest BCUT2D eigenvalue weighted by Crippen LogP contribution is 2.24. The van der Waals surface area contributed by atoms with Crippen LogP contribution in [0, 0.1) is 0 Å². The van der Waals surface area contributed by atoms with Crippen molar-refractivity contribution in [1.82, 2.24) is 0 Å². The molecule has 2 aromatic carbocycles. The molecule has 0 aliphatic heterocycles. The molecule has 5 heteroatoms. The van der Waals surface area contributed by atoms with Crippen LogP contribution in [0.25, 0.3) is 11.6 Å². The van der Waals surface area contributed by atoms with Crippen LogP contribution in [0.1, 0.15) is 38.8 Å². The molecule has 2 rings (SSSR count). The largest absolute Gasteiger partial charge is 0.463 e. The van der Waals surface area contributed by atoms with Gasteiger partial charge in [0.25, 0.3) is 0 Å². The van der Waals surface area contributed by atoms with E-state index < -0.39 is 0 Å². The van der Waals surface area contributed by atoms with Gasteiger partial charge in [0.15, 0.2) is 0 Å². The van der Waals surface area contributed by atoms with Gasteiger partial charge in [-0.1, -0.05) is 24.3 Å². The Morgan fingerprint density at radius 3 is 1.93 bits per heavy atom. The first kappa shape index (κ1) is 22.0. The Morgan fingerprint density at radius 1 is 0.828 bits per heavy atom. The van der Waals surface area contributed by atoms with E-state index in [1.807, 2.05) is 55.5 Å². The van der Waals surface area contributed by atoms with Crippen LogP contribution in [0.5, 0.6) is 11.5 Å². The van der Waals surface area contributed by atoms with Gasteiger partial charge in [-0.15, -0.1) is 0 Å². The summed E-state index contributed by atoms with van der Waals surface area (Å²) in [5, 5.41) is 0. The quantitative estimate of drug-likeness (QED) is 0.442. The third-order valence-corrected chi connectivity index (χ3v) is 4.03. The van der Waals surface area contributed by atoms with E-state index in [2.05, 4.69) is 0 Å². The van der Waals surface area contributed by atoms with Gasteiger partial charge in [0.1, 0.15) is 11.5 Å². The van der Waals surface area contributed by atoms with Crippen molar-refractivity contribution in [2.75, 3.05) is 13.2 Å². The molecule has 0 amide bonds. The summed E-state index contributed by atoms with van der Waals surface area (Å²) >= 11 is 0. The third kappa shape index (κ3) is 6.96. The SMILES string of the molecule is CCOC(=O)C=C(C)c1ccc(Oc2ccc(C=C(C)C(=O)OCC)cc2)cc1. The lowest BCUT2D eigenvalue weighted by Crippen LogP contribution is -2.04. The van der Waals surface area contributed by atoms with Gasteiger partial charge in [0.2, 0.25) is 0 Å². The molecule has 0 aliphatic rings. The van der Waals surface area contributed by atoms with E-state index in [1.165, 1.54) is 6.08 Å². The maximum Gasteiger partial charge on any atom is 0.333 e. The van der Waals surface area contributed by atoms with Crippen molar-refractivity contribution in [3.63, 3.8) is 0 Å². The molecule has 152 valence electrons. The molecule has 0 heterocycles. The summed E-state index contributed by atoms with van der Waals surface area (Å²) in [6, 6.07) is 14.9. The number of carbonyl (C=O) groups is 2. The van der Waals surface area contributed by atoms with Gasteiger partial charge in [0, 0.05) is 11.6 Å². The van der Waals surface area contributed by atoms with E-state index in [1.54, 1.807) is 26.8 Å². The van der Waals surface area contributed by atoms with Crippen LogP contribution in [0.3, 0.4) is 0 Å². The topological polar surface area (TPSA) is 61.8 Å². The molecule has 0 atom stereocenters. The van der Waals surface area contributed by atoms with Crippen molar-refractivity contribution >= 4 is 23.6 Å². The zero-order valence-corrected chi connectivity index (χ0v) is 17.2. The van der Waals surface area contributed by atoms with Gasteiger partial charge in [0.05, 0.1) is 13.2 Å². The number of hydrogen-bond acceptors (Lipinski definition) is 5. The third-order valence-electron chi connectivity index (χ3n) is 4.03. The molecule has 0 unspecified atom stereocenters. The first-order valence-electron chi connectivity index (χ1n) is 9.51. The average Bonchev–Trinajstić information content (AvgIpc) is 2.70. The number of carbonyl (C=O) groups excluding carboxylic acids is 2.